The number of anilines is 1. The van der Waals surface area contributed by atoms with Crippen LogP contribution in [0.25, 0.3) is 11.1 Å². The molecule has 0 spiro atoms. The lowest BCUT2D eigenvalue weighted by Gasteiger charge is -2.01. The molecule has 4 aromatic rings. The molecule has 1 aromatic carbocycles. The van der Waals surface area contributed by atoms with Gasteiger partial charge < -0.3 is 4.98 Å². The highest BCUT2D eigenvalue weighted by Crippen LogP contribution is 2.23. The molecule has 3 aromatic heterocycles. The molecule has 0 radical (unpaired) electrons. The van der Waals surface area contributed by atoms with Crippen LogP contribution in [-0.2, 0) is 13.5 Å². The summed E-state index contributed by atoms with van der Waals surface area (Å²) in [6.45, 7) is 0. The van der Waals surface area contributed by atoms with E-state index in [1.165, 1.54) is 12.1 Å². The smallest absolute Gasteiger partial charge is 0.260 e. The van der Waals surface area contributed by atoms with Gasteiger partial charge >= 0.3 is 0 Å². The van der Waals surface area contributed by atoms with E-state index in [2.05, 4.69) is 30.6 Å². The van der Waals surface area contributed by atoms with E-state index in [0.29, 0.717) is 17.8 Å². The number of amides is 1. The van der Waals surface area contributed by atoms with Crippen molar-refractivity contribution in [3.63, 3.8) is 0 Å². The molecule has 1 amide bonds. The van der Waals surface area contributed by atoms with Crippen LogP contribution in [-0.4, -0.2) is 35.9 Å². The highest BCUT2D eigenvalue weighted by molar-refractivity contribution is 6.07. The highest BCUT2D eigenvalue weighted by atomic mass is 19.1. The fourth-order valence-electron chi connectivity index (χ4n) is 2.79. The largest absolute Gasteiger partial charge is 0.366 e. The number of carbonyl (C=O) groups excluding carboxylic acids is 1. The van der Waals surface area contributed by atoms with E-state index in [-0.39, 0.29) is 17.7 Å². The summed E-state index contributed by atoms with van der Waals surface area (Å²) in [6, 6.07) is 6.24. The van der Waals surface area contributed by atoms with Crippen molar-refractivity contribution in [2.24, 2.45) is 7.05 Å². The van der Waals surface area contributed by atoms with Crippen LogP contribution in [0.5, 0.6) is 0 Å². The summed E-state index contributed by atoms with van der Waals surface area (Å²) in [7, 11) is 1.81. The van der Waals surface area contributed by atoms with E-state index >= 15 is 0 Å². The molecule has 3 heterocycles. The average molecular weight is 365 g/mol. The number of hydrogen-bond donors (Lipinski definition) is 3. The van der Waals surface area contributed by atoms with E-state index < -0.39 is 0 Å². The molecular weight excluding hydrogens is 349 g/mol. The first-order valence-electron chi connectivity index (χ1n) is 8.21. The average Bonchev–Trinajstić information content (AvgIpc) is 3.35. The third-order valence-corrected chi connectivity index (χ3v) is 4.02. The first kappa shape index (κ1) is 16.7. The van der Waals surface area contributed by atoms with Crippen LogP contribution < -0.4 is 5.32 Å². The molecular formula is C18H16FN7O. The first-order chi connectivity index (χ1) is 13.1. The molecule has 0 saturated carbocycles. The van der Waals surface area contributed by atoms with Crippen LogP contribution >= 0.6 is 0 Å². The van der Waals surface area contributed by atoms with E-state index in [9.17, 15) is 9.18 Å². The number of halogens is 1. The van der Waals surface area contributed by atoms with Gasteiger partial charge in [0.15, 0.2) is 0 Å². The summed E-state index contributed by atoms with van der Waals surface area (Å²) >= 11 is 0. The molecule has 9 heteroatoms. The van der Waals surface area contributed by atoms with E-state index in [4.69, 9.17) is 0 Å². The molecule has 3 N–H and O–H groups in total. The van der Waals surface area contributed by atoms with Crippen molar-refractivity contribution in [3.05, 3.63) is 71.8 Å². The molecule has 136 valence electrons. The Hall–Kier alpha value is -3.75. The van der Waals surface area contributed by atoms with Gasteiger partial charge in [0.1, 0.15) is 11.6 Å². The molecule has 4 rings (SSSR count). The maximum Gasteiger partial charge on any atom is 0.260 e. The van der Waals surface area contributed by atoms with Gasteiger partial charge in [-0.05, 0) is 17.7 Å². The predicted molar refractivity (Wildman–Crippen MR) is 96.5 cm³/mol. The number of nitrogens with one attached hydrogen (secondary N) is 3. The van der Waals surface area contributed by atoms with Crippen molar-refractivity contribution in [1.29, 1.82) is 0 Å². The zero-order valence-electron chi connectivity index (χ0n) is 14.4. The van der Waals surface area contributed by atoms with Crippen molar-refractivity contribution < 1.29 is 9.18 Å². The van der Waals surface area contributed by atoms with Crippen LogP contribution in [0.4, 0.5) is 10.3 Å². The molecule has 0 saturated heterocycles. The molecule has 27 heavy (non-hydrogen) atoms. The zero-order chi connectivity index (χ0) is 18.8. The Morgan fingerprint density at radius 1 is 1.33 bits per heavy atom. The molecule has 0 unspecified atom stereocenters. The Bertz CT molecular complexity index is 1090. The lowest BCUT2D eigenvalue weighted by Crippen LogP contribution is -2.13. The number of rotatable bonds is 5. The lowest BCUT2D eigenvalue weighted by atomic mass is 10.1. The number of hydrogen-bond acceptors (Lipinski definition) is 4. The van der Waals surface area contributed by atoms with Gasteiger partial charge in [-0.1, -0.05) is 12.1 Å². The van der Waals surface area contributed by atoms with Crippen LogP contribution in [0, 0.1) is 5.82 Å². The maximum absolute atomic E-state index is 13.3. The number of benzene rings is 1. The Morgan fingerprint density at radius 2 is 2.22 bits per heavy atom. The molecule has 0 aliphatic carbocycles. The summed E-state index contributed by atoms with van der Waals surface area (Å²) < 4.78 is 14.9. The van der Waals surface area contributed by atoms with Gasteiger partial charge in [-0.15, -0.1) is 5.10 Å². The predicted octanol–water partition coefficient (Wildman–Crippen LogP) is 2.52. The molecule has 0 fully saturated rings. The quantitative estimate of drug-likeness (QED) is 0.505. The number of nitrogens with zero attached hydrogens (tertiary/aromatic N) is 4. The summed E-state index contributed by atoms with van der Waals surface area (Å²) in [5, 5.41) is 13.5. The van der Waals surface area contributed by atoms with E-state index in [1.54, 1.807) is 35.4 Å². The number of aromatic nitrogens is 6. The molecule has 0 atom stereocenters. The summed E-state index contributed by atoms with van der Waals surface area (Å²) in [6.07, 6.45) is 7.23. The highest BCUT2D eigenvalue weighted by Gasteiger charge is 2.17. The van der Waals surface area contributed by atoms with E-state index in [1.807, 2.05) is 13.2 Å². The van der Waals surface area contributed by atoms with Crippen molar-refractivity contribution in [2.75, 3.05) is 5.32 Å². The third kappa shape index (κ3) is 3.61. The Kier molecular flexibility index (Phi) is 4.25. The Morgan fingerprint density at radius 3 is 3.00 bits per heavy atom. The van der Waals surface area contributed by atoms with Crippen molar-refractivity contribution in [2.45, 2.75) is 6.42 Å². The Labute approximate surface area is 153 Å². The van der Waals surface area contributed by atoms with Crippen LogP contribution in [0.3, 0.4) is 0 Å². The lowest BCUT2D eigenvalue weighted by molar-refractivity contribution is 0.102. The minimum atomic E-state index is -0.341. The molecule has 0 aliphatic rings. The van der Waals surface area contributed by atoms with Gasteiger partial charge in [0.25, 0.3) is 5.91 Å². The number of carbonyl (C=O) groups is 1. The van der Waals surface area contributed by atoms with Gasteiger partial charge in [-0.2, -0.15) is 10.1 Å². The summed E-state index contributed by atoms with van der Waals surface area (Å²) in [5.74, 6) is 0.0320. The minimum absolute atomic E-state index is 0.157. The molecule has 0 aliphatic heterocycles. The maximum atomic E-state index is 13.3. The van der Waals surface area contributed by atoms with Crippen molar-refractivity contribution in [3.8, 4) is 11.1 Å². The third-order valence-electron chi connectivity index (χ3n) is 4.02. The SMILES string of the molecule is Cn1cc(-c2c[nH]cc2C(=O)Nc2n[nH]c(Cc3cccc(F)c3)n2)cn1. The van der Waals surface area contributed by atoms with Gasteiger partial charge in [0, 0.05) is 43.2 Å². The Balaban J connectivity index is 1.48. The zero-order valence-corrected chi connectivity index (χ0v) is 14.4. The van der Waals surface area contributed by atoms with Gasteiger partial charge in [0.05, 0.1) is 11.8 Å². The van der Waals surface area contributed by atoms with Crippen LogP contribution in [0.1, 0.15) is 21.7 Å². The second-order valence-corrected chi connectivity index (χ2v) is 6.05. The van der Waals surface area contributed by atoms with Crippen molar-refractivity contribution >= 4 is 11.9 Å². The monoisotopic (exact) mass is 365 g/mol. The topological polar surface area (TPSA) is 104 Å². The molecule has 8 nitrogen and oxygen atoms in total. The number of H-pyrrole nitrogens is 2. The standard InChI is InChI=1S/C18H16FN7O/c1-26-10-12(7-21-26)14-8-20-9-15(14)17(27)23-18-22-16(24-25-18)6-11-3-2-4-13(19)5-11/h2-5,7-10,20H,6H2,1H3,(H2,22,23,24,25,27). The number of aryl methyl sites for hydroxylation is 1. The second kappa shape index (κ2) is 6.87. The number of aromatic amines is 2. The second-order valence-electron chi connectivity index (χ2n) is 6.05. The van der Waals surface area contributed by atoms with Gasteiger partial charge in [0.2, 0.25) is 5.95 Å². The summed E-state index contributed by atoms with van der Waals surface area (Å²) in [4.78, 5) is 19.8. The van der Waals surface area contributed by atoms with Crippen LogP contribution in [0.15, 0.2) is 49.1 Å². The molecule has 0 bridgehead atoms. The summed E-state index contributed by atoms with van der Waals surface area (Å²) in [5.41, 5.74) is 2.77. The fourth-order valence-corrected chi connectivity index (χ4v) is 2.79. The van der Waals surface area contributed by atoms with Gasteiger partial charge in [-0.3, -0.25) is 19.9 Å². The van der Waals surface area contributed by atoms with Crippen LogP contribution in [0.2, 0.25) is 0 Å². The van der Waals surface area contributed by atoms with Crippen molar-refractivity contribution in [1.82, 2.24) is 29.9 Å². The first-order valence-corrected chi connectivity index (χ1v) is 8.21. The van der Waals surface area contributed by atoms with Gasteiger partial charge in [-0.25, -0.2) is 4.39 Å². The fraction of sp³-hybridized carbons (Fsp3) is 0.111. The minimum Gasteiger partial charge on any atom is -0.366 e. The normalized spacial score (nSPS) is 10.9. The van der Waals surface area contributed by atoms with E-state index in [0.717, 1.165) is 16.7 Å².